The average Bonchev–Trinajstić information content (AvgIpc) is 2.47. The zero-order valence-electron chi connectivity index (χ0n) is 11.3. The Labute approximate surface area is 129 Å². The summed E-state index contributed by atoms with van der Waals surface area (Å²) in [5.41, 5.74) is 0.477. The first-order valence-corrected chi connectivity index (χ1v) is 7.56. The fraction of sp³-hybridized carbons (Fsp3) is 0.500. The molecule has 1 aromatic rings. The summed E-state index contributed by atoms with van der Waals surface area (Å²) >= 11 is 10.2. The molecule has 0 unspecified atom stereocenters. The molecule has 2 rings (SSSR count). The summed E-state index contributed by atoms with van der Waals surface area (Å²) in [5, 5.41) is 3.34. The summed E-state index contributed by atoms with van der Waals surface area (Å²) in [7, 11) is 0. The van der Waals surface area contributed by atoms with Gasteiger partial charge in [0.2, 0.25) is 0 Å². The maximum absolute atomic E-state index is 12.0. The molecule has 110 valence electrons. The van der Waals surface area contributed by atoms with Gasteiger partial charge in [0.1, 0.15) is 0 Å². The summed E-state index contributed by atoms with van der Waals surface area (Å²) in [6.07, 6.45) is 0.921. The van der Waals surface area contributed by atoms with Gasteiger partial charge in [-0.2, -0.15) is 0 Å². The number of nitrogens with zero attached hydrogens (tertiary/aromatic N) is 1. The number of carbonyl (C=O) groups is 1. The van der Waals surface area contributed by atoms with Crippen molar-refractivity contribution in [2.75, 3.05) is 39.4 Å². The third-order valence-electron chi connectivity index (χ3n) is 3.23. The van der Waals surface area contributed by atoms with Gasteiger partial charge < -0.3 is 10.1 Å². The van der Waals surface area contributed by atoms with Crippen LogP contribution in [0.15, 0.2) is 23.1 Å². The van der Waals surface area contributed by atoms with Gasteiger partial charge in [0.05, 0.1) is 23.8 Å². The van der Waals surface area contributed by atoms with Crippen LogP contribution in [0.3, 0.4) is 0 Å². The average molecular weight is 315 g/mol. The second kappa shape index (κ2) is 7.88. The predicted molar refractivity (Wildman–Crippen MR) is 82.9 cm³/mol. The highest BCUT2D eigenvalue weighted by molar-refractivity contribution is 7.80. The van der Waals surface area contributed by atoms with Gasteiger partial charge >= 0.3 is 0 Å². The number of hydrogen-bond acceptors (Lipinski definition) is 4. The molecule has 1 aromatic carbocycles. The molecule has 0 bridgehead atoms. The first kappa shape index (κ1) is 15.6. The van der Waals surface area contributed by atoms with Crippen molar-refractivity contribution in [3.05, 3.63) is 28.8 Å². The molecule has 20 heavy (non-hydrogen) atoms. The van der Waals surface area contributed by atoms with Gasteiger partial charge in [-0.05, 0) is 31.2 Å². The van der Waals surface area contributed by atoms with Crippen molar-refractivity contribution in [2.24, 2.45) is 0 Å². The summed E-state index contributed by atoms with van der Waals surface area (Å²) in [5.74, 6) is -0.145. The number of benzene rings is 1. The Kier molecular flexibility index (Phi) is 6.16. The lowest BCUT2D eigenvalue weighted by Gasteiger charge is -2.26. The van der Waals surface area contributed by atoms with Crippen LogP contribution in [0.1, 0.15) is 16.8 Å². The summed E-state index contributed by atoms with van der Waals surface area (Å²) in [6, 6.07) is 5.13. The molecule has 0 aromatic heterocycles. The predicted octanol–water partition coefficient (Wildman–Crippen LogP) is 2.08. The van der Waals surface area contributed by atoms with E-state index in [-0.39, 0.29) is 5.91 Å². The maximum Gasteiger partial charge on any atom is 0.252 e. The van der Waals surface area contributed by atoms with Crippen molar-refractivity contribution >= 4 is 30.1 Å². The molecule has 1 aliphatic rings. The van der Waals surface area contributed by atoms with E-state index < -0.39 is 0 Å². The molecule has 1 N–H and O–H groups in total. The molecule has 1 amide bonds. The van der Waals surface area contributed by atoms with Crippen molar-refractivity contribution in [2.45, 2.75) is 11.3 Å². The zero-order chi connectivity index (χ0) is 14.4. The molecule has 0 atom stereocenters. The molecule has 0 spiro atoms. The minimum Gasteiger partial charge on any atom is -0.379 e. The van der Waals surface area contributed by atoms with Gasteiger partial charge in [-0.3, -0.25) is 9.69 Å². The molecule has 4 nitrogen and oxygen atoms in total. The SMILES string of the molecule is O=C(NCCCN1CCOCC1)c1cc(S)ccc1Cl. The first-order chi connectivity index (χ1) is 9.66. The Morgan fingerprint density at radius 1 is 1.40 bits per heavy atom. The van der Waals surface area contributed by atoms with Gasteiger partial charge in [0, 0.05) is 24.5 Å². The minimum absolute atomic E-state index is 0.145. The molecular weight excluding hydrogens is 296 g/mol. The molecule has 0 saturated carbocycles. The van der Waals surface area contributed by atoms with Crippen molar-refractivity contribution in [1.29, 1.82) is 0 Å². The minimum atomic E-state index is -0.145. The summed E-state index contributed by atoms with van der Waals surface area (Å²) in [4.78, 5) is 15.1. The molecule has 1 heterocycles. The number of halogens is 1. The second-order valence-corrected chi connectivity index (χ2v) is 5.65. The van der Waals surface area contributed by atoms with E-state index in [1.165, 1.54) is 0 Å². The zero-order valence-corrected chi connectivity index (χ0v) is 12.9. The van der Waals surface area contributed by atoms with Gasteiger partial charge in [-0.1, -0.05) is 11.6 Å². The van der Waals surface area contributed by atoms with E-state index in [0.717, 1.165) is 44.2 Å². The van der Waals surface area contributed by atoms with Gasteiger partial charge in [-0.25, -0.2) is 0 Å². The van der Waals surface area contributed by atoms with Crippen LogP contribution >= 0.6 is 24.2 Å². The fourth-order valence-electron chi connectivity index (χ4n) is 2.11. The lowest BCUT2D eigenvalue weighted by molar-refractivity contribution is 0.0374. The number of thiol groups is 1. The number of nitrogens with one attached hydrogen (secondary N) is 1. The molecule has 0 aliphatic carbocycles. The van der Waals surface area contributed by atoms with Crippen LogP contribution < -0.4 is 5.32 Å². The molecule has 1 aliphatic heterocycles. The number of rotatable bonds is 5. The standard InChI is InChI=1S/C14H19ClN2O2S/c15-13-3-2-11(20)10-12(13)14(18)16-4-1-5-17-6-8-19-9-7-17/h2-3,10,20H,1,4-9H2,(H,16,18). The van der Waals surface area contributed by atoms with Crippen LogP contribution in [-0.2, 0) is 4.74 Å². The Hall–Kier alpha value is -0.750. The van der Waals surface area contributed by atoms with E-state index in [0.29, 0.717) is 17.1 Å². The number of amides is 1. The second-order valence-electron chi connectivity index (χ2n) is 4.73. The Morgan fingerprint density at radius 2 is 2.15 bits per heavy atom. The Balaban J connectivity index is 1.73. The number of carbonyl (C=O) groups excluding carboxylic acids is 1. The quantitative estimate of drug-likeness (QED) is 0.646. The van der Waals surface area contributed by atoms with Crippen LogP contribution in [0.25, 0.3) is 0 Å². The fourth-order valence-corrected chi connectivity index (χ4v) is 2.52. The Bertz CT molecular complexity index is 464. The van der Waals surface area contributed by atoms with Crippen molar-refractivity contribution in [1.82, 2.24) is 10.2 Å². The maximum atomic E-state index is 12.0. The third kappa shape index (κ3) is 4.66. The highest BCUT2D eigenvalue weighted by Crippen LogP contribution is 2.19. The van der Waals surface area contributed by atoms with Crippen molar-refractivity contribution in [3.8, 4) is 0 Å². The summed E-state index contributed by atoms with van der Waals surface area (Å²) < 4.78 is 5.29. The Morgan fingerprint density at radius 3 is 2.90 bits per heavy atom. The van der Waals surface area contributed by atoms with E-state index in [9.17, 15) is 4.79 Å². The van der Waals surface area contributed by atoms with Crippen LogP contribution in [0.5, 0.6) is 0 Å². The van der Waals surface area contributed by atoms with E-state index in [2.05, 4.69) is 22.8 Å². The molecular formula is C14H19ClN2O2S. The summed E-state index contributed by atoms with van der Waals surface area (Å²) in [6.45, 7) is 5.17. The van der Waals surface area contributed by atoms with Crippen LogP contribution in [0.2, 0.25) is 5.02 Å². The molecule has 1 fully saturated rings. The van der Waals surface area contributed by atoms with Gasteiger partial charge in [0.15, 0.2) is 0 Å². The molecule has 6 heteroatoms. The van der Waals surface area contributed by atoms with E-state index in [1.807, 2.05) is 0 Å². The third-order valence-corrected chi connectivity index (χ3v) is 3.84. The monoisotopic (exact) mass is 314 g/mol. The highest BCUT2D eigenvalue weighted by Gasteiger charge is 2.12. The van der Waals surface area contributed by atoms with E-state index in [1.54, 1.807) is 18.2 Å². The molecule has 0 radical (unpaired) electrons. The van der Waals surface area contributed by atoms with Gasteiger partial charge in [-0.15, -0.1) is 12.6 Å². The smallest absolute Gasteiger partial charge is 0.252 e. The largest absolute Gasteiger partial charge is 0.379 e. The van der Waals surface area contributed by atoms with Crippen LogP contribution in [-0.4, -0.2) is 50.2 Å². The lowest BCUT2D eigenvalue weighted by Crippen LogP contribution is -2.38. The van der Waals surface area contributed by atoms with Gasteiger partial charge in [0.25, 0.3) is 5.91 Å². The number of hydrogen-bond donors (Lipinski definition) is 2. The first-order valence-electron chi connectivity index (χ1n) is 6.73. The van der Waals surface area contributed by atoms with Crippen LogP contribution in [0.4, 0.5) is 0 Å². The number of morpholine rings is 1. The topological polar surface area (TPSA) is 41.6 Å². The normalized spacial score (nSPS) is 16.1. The number of ether oxygens (including phenoxy) is 1. The van der Waals surface area contributed by atoms with E-state index >= 15 is 0 Å². The highest BCUT2D eigenvalue weighted by atomic mass is 35.5. The lowest BCUT2D eigenvalue weighted by atomic mass is 10.2. The van der Waals surface area contributed by atoms with Crippen molar-refractivity contribution < 1.29 is 9.53 Å². The van der Waals surface area contributed by atoms with Crippen molar-refractivity contribution in [3.63, 3.8) is 0 Å². The molecule has 1 saturated heterocycles. The van der Waals surface area contributed by atoms with E-state index in [4.69, 9.17) is 16.3 Å². The van der Waals surface area contributed by atoms with Crippen LogP contribution in [0, 0.1) is 0 Å².